The Bertz CT molecular complexity index is 149. The van der Waals surface area contributed by atoms with Crippen molar-refractivity contribution in [3.8, 4) is 0 Å². The molecule has 11 heavy (non-hydrogen) atoms. The van der Waals surface area contributed by atoms with Crippen LogP contribution in [0.15, 0.2) is 36.5 Å². The van der Waals surface area contributed by atoms with Gasteiger partial charge in [-0.05, 0) is 25.3 Å². The predicted octanol–water partition coefficient (Wildman–Crippen LogP) is 3.87. The highest BCUT2D eigenvalue weighted by molar-refractivity contribution is 5.22. The van der Waals surface area contributed by atoms with Gasteiger partial charge in [-0.15, -0.1) is 0 Å². The van der Waals surface area contributed by atoms with E-state index >= 15 is 0 Å². The van der Waals surface area contributed by atoms with E-state index in [1.165, 1.54) is 24.8 Å². The minimum absolute atomic E-state index is 1.17. The zero-order valence-corrected chi connectivity index (χ0v) is 7.64. The molecule has 0 atom stereocenters. The van der Waals surface area contributed by atoms with E-state index in [-0.39, 0.29) is 0 Å². The highest BCUT2D eigenvalue weighted by Gasteiger charge is 1.88. The van der Waals surface area contributed by atoms with Crippen molar-refractivity contribution in [2.45, 2.75) is 33.1 Å². The summed E-state index contributed by atoms with van der Waals surface area (Å²) in [6.07, 6.45) is 11.9. The van der Waals surface area contributed by atoms with Gasteiger partial charge in [-0.3, -0.25) is 0 Å². The molecule has 0 nitrogen and oxygen atoms in total. The first kappa shape index (κ1) is 10.2. The second kappa shape index (κ2) is 7.33. The molecular weight excluding hydrogens is 132 g/mol. The van der Waals surface area contributed by atoms with Crippen molar-refractivity contribution in [3.63, 3.8) is 0 Å². The van der Waals surface area contributed by atoms with E-state index in [9.17, 15) is 0 Å². The Labute approximate surface area is 70.3 Å². The first-order valence-corrected chi connectivity index (χ1v) is 4.29. The Kier molecular flexibility index (Phi) is 6.81. The van der Waals surface area contributed by atoms with E-state index < -0.39 is 0 Å². The minimum atomic E-state index is 1.17. The molecule has 0 heteroatoms. The van der Waals surface area contributed by atoms with Gasteiger partial charge in [-0.1, -0.05) is 44.2 Å². The molecule has 0 saturated carbocycles. The molecule has 0 amide bonds. The number of unbranched alkanes of at least 4 members (excludes halogenated alkanes) is 1. The van der Waals surface area contributed by atoms with Gasteiger partial charge < -0.3 is 0 Å². The van der Waals surface area contributed by atoms with Gasteiger partial charge in [0.2, 0.25) is 0 Å². The summed E-state index contributed by atoms with van der Waals surface area (Å²) in [6.45, 7) is 7.93. The monoisotopic (exact) mass is 150 g/mol. The molecule has 0 heterocycles. The van der Waals surface area contributed by atoms with Crippen LogP contribution in [0.4, 0.5) is 0 Å². The molecule has 0 spiro atoms. The lowest BCUT2D eigenvalue weighted by Gasteiger charge is -1.97. The van der Waals surface area contributed by atoms with Crippen molar-refractivity contribution in [2.24, 2.45) is 0 Å². The first-order chi connectivity index (χ1) is 5.35. The minimum Gasteiger partial charge on any atom is -0.0991 e. The fourth-order valence-corrected chi connectivity index (χ4v) is 0.969. The normalized spacial score (nSPS) is 12.4. The molecule has 0 fully saturated rings. The number of rotatable bonds is 5. The van der Waals surface area contributed by atoms with Gasteiger partial charge in [-0.25, -0.2) is 0 Å². The van der Waals surface area contributed by atoms with Crippen LogP contribution < -0.4 is 0 Å². The van der Waals surface area contributed by atoms with Gasteiger partial charge >= 0.3 is 0 Å². The molecule has 0 aliphatic heterocycles. The summed E-state index contributed by atoms with van der Waals surface area (Å²) in [7, 11) is 0. The van der Waals surface area contributed by atoms with E-state index in [4.69, 9.17) is 0 Å². The molecule has 0 rings (SSSR count). The van der Waals surface area contributed by atoms with Gasteiger partial charge in [0, 0.05) is 0 Å². The molecular formula is C11H18. The molecule has 62 valence electrons. The fourth-order valence-electron chi connectivity index (χ4n) is 0.969. The van der Waals surface area contributed by atoms with Gasteiger partial charge in [0.15, 0.2) is 0 Å². The van der Waals surface area contributed by atoms with Crippen LogP contribution in [-0.4, -0.2) is 0 Å². The molecule has 0 aliphatic rings. The van der Waals surface area contributed by atoms with Crippen LogP contribution >= 0.6 is 0 Å². The lowest BCUT2D eigenvalue weighted by atomic mass is 10.1. The maximum Gasteiger partial charge on any atom is -0.0279 e. The Morgan fingerprint density at radius 1 is 1.45 bits per heavy atom. The molecule has 0 aliphatic carbocycles. The molecule has 0 bridgehead atoms. The third kappa shape index (κ3) is 5.65. The number of allylic oxidation sites excluding steroid dienone is 5. The second-order valence-corrected chi connectivity index (χ2v) is 2.58. The number of hydrogen-bond donors (Lipinski definition) is 0. The lowest BCUT2D eigenvalue weighted by molar-refractivity contribution is 0.798. The van der Waals surface area contributed by atoms with Crippen molar-refractivity contribution < 1.29 is 0 Å². The highest BCUT2D eigenvalue weighted by Crippen LogP contribution is 2.08. The SMILES string of the molecule is C=C/C=C(/C=C/C)CCCC. The van der Waals surface area contributed by atoms with E-state index in [0.29, 0.717) is 0 Å². The van der Waals surface area contributed by atoms with Crippen molar-refractivity contribution >= 4 is 0 Å². The van der Waals surface area contributed by atoms with Gasteiger partial charge in [0.1, 0.15) is 0 Å². The largest absolute Gasteiger partial charge is 0.0991 e. The van der Waals surface area contributed by atoms with Crippen molar-refractivity contribution in [1.29, 1.82) is 0 Å². The summed E-state index contributed by atoms with van der Waals surface area (Å²) in [5, 5.41) is 0. The van der Waals surface area contributed by atoms with Crippen LogP contribution in [0.25, 0.3) is 0 Å². The van der Waals surface area contributed by atoms with E-state index in [2.05, 4.69) is 31.7 Å². The Morgan fingerprint density at radius 3 is 2.64 bits per heavy atom. The van der Waals surface area contributed by atoms with Gasteiger partial charge in [-0.2, -0.15) is 0 Å². The Hall–Kier alpha value is -0.780. The molecule has 0 unspecified atom stereocenters. The second-order valence-electron chi connectivity index (χ2n) is 2.58. The Balaban J connectivity index is 3.89. The maximum absolute atomic E-state index is 3.68. The zero-order valence-electron chi connectivity index (χ0n) is 7.64. The van der Waals surface area contributed by atoms with E-state index in [1.54, 1.807) is 0 Å². The topological polar surface area (TPSA) is 0 Å². The van der Waals surface area contributed by atoms with Gasteiger partial charge in [0.25, 0.3) is 0 Å². The smallest absolute Gasteiger partial charge is 0.0279 e. The summed E-state index contributed by atoms with van der Waals surface area (Å²) in [5.41, 5.74) is 1.38. The van der Waals surface area contributed by atoms with Crippen molar-refractivity contribution in [1.82, 2.24) is 0 Å². The molecule has 0 radical (unpaired) electrons. The first-order valence-electron chi connectivity index (χ1n) is 4.29. The summed E-state index contributed by atoms with van der Waals surface area (Å²) in [6, 6.07) is 0. The molecule has 0 N–H and O–H groups in total. The van der Waals surface area contributed by atoms with Crippen LogP contribution in [0.2, 0.25) is 0 Å². The van der Waals surface area contributed by atoms with Crippen LogP contribution in [0, 0.1) is 0 Å². The Morgan fingerprint density at radius 2 is 2.18 bits per heavy atom. The maximum atomic E-state index is 3.68. The van der Waals surface area contributed by atoms with Crippen LogP contribution in [0.3, 0.4) is 0 Å². The van der Waals surface area contributed by atoms with Crippen LogP contribution in [-0.2, 0) is 0 Å². The third-order valence-electron chi connectivity index (χ3n) is 1.53. The van der Waals surface area contributed by atoms with E-state index in [1.807, 2.05) is 13.0 Å². The van der Waals surface area contributed by atoms with Crippen LogP contribution in [0.5, 0.6) is 0 Å². The number of hydrogen-bond acceptors (Lipinski definition) is 0. The zero-order chi connectivity index (χ0) is 8.53. The lowest BCUT2D eigenvalue weighted by Crippen LogP contribution is -1.77. The summed E-state index contributed by atoms with van der Waals surface area (Å²) in [5.74, 6) is 0. The standard InChI is InChI=1S/C11H18/c1-4-7-10-11(8-5-2)9-6-3/h5-6,8-9H,2,4,7,10H2,1,3H3/b9-6+,11-8-. The van der Waals surface area contributed by atoms with E-state index in [0.717, 1.165) is 0 Å². The van der Waals surface area contributed by atoms with Crippen LogP contribution in [0.1, 0.15) is 33.1 Å². The third-order valence-corrected chi connectivity index (χ3v) is 1.53. The highest BCUT2D eigenvalue weighted by atomic mass is 13.9. The van der Waals surface area contributed by atoms with Crippen molar-refractivity contribution in [3.05, 3.63) is 36.5 Å². The summed E-state index contributed by atoms with van der Waals surface area (Å²) >= 11 is 0. The molecule has 0 aromatic carbocycles. The average molecular weight is 150 g/mol. The predicted molar refractivity (Wildman–Crippen MR) is 52.6 cm³/mol. The van der Waals surface area contributed by atoms with Crippen molar-refractivity contribution in [2.75, 3.05) is 0 Å². The summed E-state index contributed by atoms with van der Waals surface area (Å²) < 4.78 is 0. The van der Waals surface area contributed by atoms with Gasteiger partial charge in [0.05, 0.1) is 0 Å². The quantitative estimate of drug-likeness (QED) is 0.522. The fraction of sp³-hybridized carbons (Fsp3) is 0.455. The molecule has 0 aromatic heterocycles. The molecule has 0 aromatic rings. The molecule has 0 saturated heterocycles. The summed E-state index contributed by atoms with van der Waals surface area (Å²) in [4.78, 5) is 0. The average Bonchev–Trinajstić information content (AvgIpc) is 2.01.